The van der Waals surface area contributed by atoms with Crippen LogP contribution in [0.3, 0.4) is 0 Å². The fourth-order valence-electron chi connectivity index (χ4n) is 2.16. The number of alkyl halides is 3. The number of likely N-dealkylation sites (tertiary alicyclic amines) is 1. The molecule has 1 saturated heterocycles. The lowest BCUT2D eigenvalue weighted by molar-refractivity contribution is -0.271. The molecule has 21 heavy (non-hydrogen) atoms. The zero-order chi connectivity index (χ0) is 15.5. The van der Waals surface area contributed by atoms with E-state index in [4.69, 9.17) is 0 Å². The maximum atomic E-state index is 12.6. The summed E-state index contributed by atoms with van der Waals surface area (Å²) in [6.07, 6.45) is -2.47. The number of nitrogens with zero attached hydrogens (tertiary/aromatic N) is 2. The van der Waals surface area contributed by atoms with Crippen LogP contribution in [0, 0.1) is 0 Å². The monoisotopic (exact) mass is 303 g/mol. The summed E-state index contributed by atoms with van der Waals surface area (Å²) in [6, 6.07) is 3.07. The van der Waals surface area contributed by atoms with Gasteiger partial charge in [0, 0.05) is 44.9 Å². The second-order valence-electron chi connectivity index (χ2n) is 5.04. The number of hydrogen-bond acceptors (Lipinski definition) is 3. The minimum atomic E-state index is -4.66. The van der Waals surface area contributed by atoms with Crippen LogP contribution in [0.1, 0.15) is 18.4 Å². The van der Waals surface area contributed by atoms with Crippen molar-refractivity contribution in [1.29, 1.82) is 0 Å². The van der Waals surface area contributed by atoms with Crippen molar-refractivity contribution in [3.63, 3.8) is 0 Å². The van der Waals surface area contributed by atoms with Crippen LogP contribution in [0.5, 0.6) is 0 Å². The summed E-state index contributed by atoms with van der Waals surface area (Å²) in [6.45, 7) is -0.00349. The first-order valence-electron chi connectivity index (χ1n) is 6.53. The maximum absolute atomic E-state index is 12.6. The van der Waals surface area contributed by atoms with Gasteiger partial charge in [0.1, 0.15) is 0 Å². The molecule has 0 saturated carbocycles. The SMILES string of the molecule is O=C(NCc1cccnc1)N1CCC(O)(C(F)(F)F)CC1. The first kappa shape index (κ1) is 15.6. The average molecular weight is 303 g/mol. The third-order valence-electron chi connectivity index (χ3n) is 3.57. The molecule has 0 spiro atoms. The van der Waals surface area contributed by atoms with E-state index in [9.17, 15) is 23.1 Å². The Kier molecular flexibility index (Phi) is 4.36. The summed E-state index contributed by atoms with van der Waals surface area (Å²) in [5, 5.41) is 12.1. The van der Waals surface area contributed by atoms with Gasteiger partial charge in [-0.25, -0.2) is 4.79 Å². The molecule has 1 aliphatic rings. The third kappa shape index (κ3) is 3.63. The molecule has 2 heterocycles. The molecule has 2 rings (SSSR count). The van der Waals surface area contributed by atoms with Gasteiger partial charge >= 0.3 is 12.2 Å². The Bertz CT molecular complexity index is 485. The minimum absolute atomic E-state index is 0.130. The second-order valence-corrected chi connectivity index (χ2v) is 5.04. The lowest BCUT2D eigenvalue weighted by Gasteiger charge is -2.39. The summed E-state index contributed by atoms with van der Waals surface area (Å²) in [5.74, 6) is 0. The van der Waals surface area contributed by atoms with Crippen molar-refractivity contribution in [2.75, 3.05) is 13.1 Å². The van der Waals surface area contributed by atoms with Crippen LogP contribution >= 0.6 is 0 Å². The topological polar surface area (TPSA) is 65.5 Å². The van der Waals surface area contributed by atoms with Crippen LogP contribution in [-0.2, 0) is 6.54 Å². The number of rotatable bonds is 2. The van der Waals surface area contributed by atoms with Gasteiger partial charge in [0.05, 0.1) is 0 Å². The maximum Gasteiger partial charge on any atom is 0.417 e. The van der Waals surface area contributed by atoms with Crippen LogP contribution in [0.2, 0.25) is 0 Å². The molecule has 1 aliphatic heterocycles. The number of aliphatic hydroxyl groups is 1. The van der Waals surface area contributed by atoms with Crippen LogP contribution in [-0.4, -0.2) is 45.9 Å². The molecular weight excluding hydrogens is 287 g/mol. The van der Waals surface area contributed by atoms with Gasteiger partial charge < -0.3 is 15.3 Å². The van der Waals surface area contributed by atoms with E-state index in [1.165, 1.54) is 4.90 Å². The predicted molar refractivity (Wildman–Crippen MR) is 68.3 cm³/mol. The smallest absolute Gasteiger partial charge is 0.380 e. The van der Waals surface area contributed by atoms with Crippen LogP contribution in [0.4, 0.5) is 18.0 Å². The molecule has 1 aromatic rings. The highest BCUT2D eigenvalue weighted by Crippen LogP contribution is 2.38. The largest absolute Gasteiger partial charge is 0.417 e. The van der Waals surface area contributed by atoms with Gasteiger partial charge in [0.15, 0.2) is 5.60 Å². The van der Waals surface area contributed by atoms with Gasteiger partial charge in [-0.2, -0.15) is 13.2 Å². The highest BCUT2D eigenvalue weighted by Gasteiger charge is 2.54. The summed E-state index contributed by atoms with van der Waals surface area (Å²) in [5.41, 5.74) is -1.89. The summed E-state index contributed by atoms with van der Waals surface area (Å²) >= 11 is 0. The van der Waals surface area contributed by atoms with Gasteiger partial charge in [-0.05, 0) is 11.6 Å². The highest BCUT2D eigenvalue weighted by atomic mass is 19.4. The number of piperidine rings is 1. The molecular formula is C13H16F3N3O2. The number of amides is 2. The fourth-order valence-corrected chi connectivity index (χ4v) is 2.16. The van der Waals surface area contributed by atoms with Crippen LogP contribution in [0.25, 0.3) is 0 Å². The minimum Gasteiger partial charge on any atom is -0.380 e. The Morgan fingerprint density at radius 3 is 2.62 bits per heavy atom. The molecule has 2 N–H and O–H groups in total. The van der Waals surface area contributed by atoms with Crippen LogP contribution < -0.4 is 5.32 Å². The quantitative estimate of drug-likeness (QED) is 0.873. The average Bonchev–Trinajstić information content (AvgIpc) is 2.45. The summed E-state index contributed by atoms with van der Waals surface area (Å²) in [4.78, 5) is 17.0. The molecule has 0 aliphatic carbocycles. The van der Waals surface area contributed by atoms with Gasteiger partial charge in [-0.3, -0.25) is 4.98 Å². The molecule has 5 nitrogen and oxygen atoms in total. The molecule has 1 fully saturated rings. The van der Waals surface area contributed by atoms with E-state index in [0.29, 0.717) is 0 Å². The Hall–Kier alpha value is -1.83. The number of halogens is 3. The van der Waals surface area contributed by atoms with E-state index < -0.39 is 30.7 Å². The summed E-state index contributed by atoms with van der Waals surface area (Å²) in [7, 11) is 0. The van der Waals surface area contributed by atoms with E-state index in [0.717, 1.165) is 5.56 Å². The number of carbonyl (C=O) groups excluding carboxylic acids is 1. The van der Waals surface area contributed by atoms with Crippen molar-refractivity contribution in [2.24, 2.45) is 0 Å². The van der Waals surface area contributed by atoms with Gasteiger partial charge in [-0.1, -0.05) is 6.07 Å². The van der Waals surface area contributed by atoms with Crippen molar-refractivity contribution in [2.45, 2.75) is 31.2 Å². The fraction of sp³-hybridized carbons (Fsp3) is 0.538. The normalized spacial score (nSPS) is 18.4. The van der Waals surface area contributed by atoms with E-state index in [1.54, 1.807) is 24.5 Å². The molecule has 116 valence electrons. The Morgan fingerprint density at radius 2 is 2.10 bits per heavy atom. The Balaban J connectivity index is 1.84. The molecule has 0 unspecified atom stereocenters. The number of urea groups is 1. The van der Waals surface area contributed by atoms with E-state index in [-0.39, 0.29) is 19.6 Å². The predicted octanol–water partition coefficient (Wildman–Crippen LogP) is 1.68. The van der Waals surface area contributed by atoms with Gasteiger partial charge in [0.25, 0.3) is 0 Å². The zero-order valence-corrected chi connectivity index (χ0v) is 11.2. The lowest BCUT2D eigenvalue weighted by atomic mass is 9.91. The first-order valence-corrected chi connectivity index (χ1v) is 6.53. The van der Waals surface area contributed by atoms with E-state index in [2.05, 4.69) is 10.3 Å². The zero-order valence-electron chi connectivity index (χ0n) is 11.2. The van der Waals surface area contributed by atoms with Crippen molar-refractivity contribution < 1.29 is 23.1 Å². The molecule has 0 radical (unpaired) electrons. The molecule has 1 aromatic heterocycles. The standard InChI is InChI=1S/C13H16F3N3O2/c14-13(15,16)12(21)3-6-19(7-4-12)11(20)18-9-10-2-1-5-17-8-10/h1-2,5,8,21H,3-4,6-7,9H2,(H,18,20). The molecule has 8 heteroatoms. The number of aromatic nitrogens is 1. The first-order chi connectivity index (χ1) is 9.82. The Labute approximate surface area is 119 Å². The molecule has 0 bridgehead atoms. The van der Waals surface area contributed by atoms with E-state index >= 15 is 0 Å². The number of carbonyl (C=O) groups is 1. The summed E-state index contributed by atoms with van der Waals surface area (Å²) < 4.78 is 37.9. The molecule has 0 atom stereocenters. The van der Waals surface area contributed by atoms with Gasteiger partial charge in [0.2, 0.25) is 0 Å². The number of nitrogens with one attached hydrogen (secondary N) is 1. The van der Waals surface area contributed by atoms with Crippen molar-refractivity contribution in [1.82, 2.24) is 15.2 Å². The van der Waals surface area contributed by atoms with Crippen LogP contribution in [0.15, 0.2) is 24.5 Å². The van der Waals surface area contributed by atoms with Crippen molar-refractivity contribution >= 4 is 6.03 Å². The number of hydrogen-bond donors (Lipinski definition) is 2. The number of pyridine rings is 1. The third-order valence-corrected chi connectivity index (χ3v) is 3.57. The van der Waals surface area contributed by atoms with E-state index in [1.807, 2.05) is 0 Å². The lowest BCUT2D eigenvalue weighted by Crippen LogP contribution is -2.55. The molecule has 2 amide bonds. The second kappa shape index (κ2) is 5.88. The molecule has 0 aromatic carbocycles. The highest BCUT2D eigenvalue weighted by molar-refractivity contribution is 5.74. The van der Waals surface area contributed by atoms with Crippen molar-refractivity contribution in [3.8, 4) is 0 Å². The van der Waals surface area contributed by atoms with Crippen molar-refractivity contribution in [3.05, 3.63) is 30.1 Å². The van der Waals surface area contributed by atoms with Gasteiger partial charge in [-0.15, -0.1) is 0 Å². The Morgan fingerprint density at radius 1 is 1.43 bits per heavy atom.